The number of benzene rings is 2. The minimum atomic E-state index is -0.725. The van der Waals surface area contributed by atoms with E-state index in [0.717, 1.165) is 16.8 Å². The Kier molecular flexibility index (Phi) is 6.46. The van der Waals surface area contributed by atoms with Crippen LogP contribution >= 0.6 is 11.6 Å². The molecular formula is C25H29ClN2O3. The average molecular weight is 441 g/mol. The molecular weight excluding hydrogens is 412 g/mol. The van der Waals surface area contributed by atoms with E-state index in [2.05, 4.69) is 0 Å². The van der Waals surface area contributed by atoms with E-state index >= 15 is 0 Å². The predicted octanol–water partition coefficient (Wildman–Crippen LogP) is 4.96. The van der Waals surface area contributed by atoms with Crippen molar-refractivity contribution in [1.29, 1.82) is 0 Å². The van der Waals surface area contributed by atoms with Gasteiger partial charge in [-0.3, -0.25) is 9.59 Å². The Bertz CT molecular complexity index is 1000. The van der Waals surface area contributed by atoms with Crippen LogP contribution < -0.4 is 4.90 Å². The fourth-order valence-electron chi connectivity index (χ4n) is 3.72. The molecule has 31 heavy (non-hydrogen) atoms. The maximum absolute atomic E-state index is 13.2. The standard InChI is InChI=1S/C25H29ClN2O3/c1-25(2,3)23(30)20-21(17-8-12-19(13-9-17)27(4)5)28(24(31)22(20)29)15-14-16-6-10-18(26)11-7-16/h6-13,21,29H,14-15H2,1-5H3. The molecule has 0 radical (unpaired) electrons. The molecule has 0 aromatic heterocycles. The molecule has 0 spiro atoms. The summed E-state index contributed by atoms with van der Waals surface area (Å²) in [6.45, 7) is 5.75. The molecule has 0 bridgehead atoms. The Hall–Kier alpha value is -2.79. The lowest BCUT2D eigenvalue weighted by Crippen LogP contribution is -2.34. The Morgan fingerprint density at radius 1 is 1.06 bits per heavy atom. The maximum atomic E-state index is 13.2. The monoisotopic (exact) mass is 440 g/mol. The van der Waals surface area contributed by atoms with Crippen LogP contribution in [-0.4, -0.2) is 42.3 Å². The quantitative estimate of drug-likeness (QED) is 0.689. The van der Waals surface area contributed by atoms with Gasteiger partial charge in [-0.2, -0.15) is 0 Å². The molecule has 5 nitrogen and oxygen atoms in total. The zero-order valence-electron chi connectivity index (χ0n) is 18.6. The number of amides is 1. The molecule has 3 rings (SSSR count). The Morgan fingerprint density at radius 2 is 1.65 bits per heavy atom. The molecule has 1 aliphatic rings. The van der Waals surface area contributed by atoms with Gasteiger partial charge in [0, 0.05) is 36.8 Å². The fourth-order valence-corrected chi connectivity index (χ4v) is 3.85. The van der Waals surface area contributed by atoms with Crippen LogP contribution in [0.3, 0.4) is 0 Å². The first-order valence-electron chi connectivity index (χ1n) is 10.3. The number of anilines is 1. The SMILES string of the molecule is CN(C)c1ccc(C2C(C(=O)C(C)(C)C)=C(O)C(=O)N2CCc2ccc(Cl)cc2)cc1. The molecule has 1 aliphatic heterocycles. The normalized spacial score (nSPS) is 16.8. The van der Waals surface area contributed by atoms with Crippen molar-refractivity contribution in [2.24, 2.45) is 5.41 Å². The smallest absolute Gasteiger partial charge is 0.290 e. The van der Waals surface area contributed by atoms with Gasteiger partial charge in [0.25, 0.3) is 5.91 Å². The summed E-state index contributed by atoms with van der Waals surface area (Å²) in [5, 5.41) is 11.4. The van der Waals surface area contributed by atoms with Crippen LogP contribution in [0.2, 0.25) is 5.02 Å². The maximum Gasteiger partial charge on any atom is 0.290 e. The van der Waals surface area contributed by atoms with Gasteiger partial charge in [0.1, 0.15) is 0 Å². The largest absolute Gasteiger partial charge is 0.503 e. The number of nitrogens with zero attached hydrogens (tertiary/aromatic N) is 2. The van der Waals surface area contributed by atoms with Crippen molar-refractivity contribution in [3.63, 3.8) is 0 Å². The van der Waals surface area contributed by atoms with E-state index in [1.165, 1.54) is 0 Å². The summed E-state index contributed by atoms with van der Waals surface area (Å²) in [4.78, 5) is 29.8. The molecule has 0 aliphatic carbocycles. The highest BCUT2D eigenvalue weighted by Crippen LogP contribution is 2.41. The zero-order valence-corrected chi connectivity index (χ0v) is 19.4. The molecule has 1 unspecified atom stereocenters. The summed E-state index contributed by atoms with van der Waals surface area (Å²) < 4.78 is 0. The minimum absolute atomic E-state index is 0.172. The Labute approximate surface area is 188 Å². The second kappa shape index (κ2) is 8.75. The number of ketones is 1. The minimum Gasteiger partial charge on any atom is -0.503 e. The molecule has 1 atom stereocenters. The molecule has 1 N–H and O–H groups in total. The van der Waals surface area contributed by atoms with Gasteiger partial charge in [0.05, 0.1) is 11.6 Å². The number of aliphatic hydroxyl groups excluding tert-OH is 1. The second-order valence-electron chi connectivity index (χ2n) is 9.10. The summed E-state index contributed by atoms with van der Waals surface area (Å²) in [5.41, 5.74) is 2.28. The van der Waals surface area contributed by atoms with Gasteiger partial charge in [-0.1, -0.05) is 56.6 Å². The number of hydrogen-bond donors (Lipinski definition) is 1. The topological polar surface area (TPSA) is 60.9 Å². The van der Waals surface area contributed by atoms with Gasteiger partial charge < -0.3 is 14.9 Å². The number of hydrogen-bond acceptors (Lipinski definition) is 4. The molecule has 2 aromatic carbocycles. The first kappa shape index (κ1) is 22.9. The van der Waals surface area contributed by atoms with E-state index in [-0.39, 0.29) is 11.4 Å². The van der Waals surface area contributed by atoms with Crippen molar-refractivity contribution >= 4 is 29.0 Å². The predicted molar refractivity (Wildman–Crippen MR) is 124 cm³/mol. The molecule has 0 saturated heterocycles. The molecule has 1 heterocycles. The number of carbonyl (C=O) groups excluding carboxylic acids is 2. The number of aliphatic hydroxyl groups is 1. The molecule has 164 valence electrons. The van der Waals surface area contributed by atoms with Gasteiger partial charge in [-0.25, -0.2) is 0 Å². The first-order chi connectivity index (χ1) is 14.5. The number of Topliss-reactive ketones (excluding diaryl/α,β-unsaturated/α-hetero) is 1. The van der Waals surface area contributed by atoms with E-state index in [0.29, 0.717) is 18.0 Å². The summed E-state index contributed by atoms with van der Waals surface area (Å²) >= 11 is 5.97. The first-order valence-corrected chi connectivity index (χ1v) is 10.7. The zero-order chi connectivity index (χ0) is 22.9. The summed E-state index contributed by atoms with van der Waals surface area (Å²) in [7, 11) is 3.90. The summed E-state index contributed by atoms with van der Waals surface area (Å²) in [5.74, 6) is -1.19. The molecule has 0 fully saturated rings. The van der Waals surface area contributed by atoms with Crippen LogP contribution in [0.4, 0.5) is 5.69 Å². The highest BCUT2D eigenvalue weighted by molar-refractivity contribution is 6.30. The Morgan fingerprint density at radius 3 is 2.16 bits per heavy atom. The number of halogens is 1. The summed E-state index contributed by atoms with van der Waals surface area (Å²) in [6.07, 6.45) is 0.583. The van der Waals surface area contributed by atoms with Crippen LogP contribution in [0, 0.1) is 5.41 Å². The van der Waals surface area contributed by atoms with Crippen LogP contribution in [-0.2, 0) is 16.0 Å². The van der Waals surface area contributed by atoms with E-state index in [1.54, 1.807) is 25.7 Å². The van der Waals surface area contributed by atoms with Crippen LogP contribution in [0.1, 0.15) is 37.9 Å². The number of carbonyl (C=O) groups is 2. The third-order valence-corrected chi connectivity index (χ3v) is 5.76. The lowest BCUT2D eigenvalue weighted by Gasteiger charge is -2.29. The van der Waals surface area contributed by atoms with Gasteiger partial charge in [-0.05, 0) is 41.8 Å². The highest BCUT2D eigenvalue weighted by atomic mass is 35.5. The van der Waals surface area contributed by atoms with Crippen molar-refractivity contribution in [3.05, 3.63) is 76.0 Å². The van der Waals surface area contributed by atoms with Crippen molar-refractivity contribution in [2.75, 3.05) is 25.5 Å². The molecule has 2 aromatic rings. The van der Waals surface area contributed by atoms with Crippen LogP contribution in [0.5, 0.6) is 0 Å². The lowest BCUT2D eigenvalue weighted by molar-refractivity contribution is -0.129. The van der Waals surface area contributed by atoms with Gasteiger partial charge >= 0.3 is 0 Å². The highest BCUT2D eigenvalue weighted by Gasteiger charge is 2.45. The van der Waals surface area contributed by atoms with Crippen molar-refractivity contribution < 1.29 is 14.7 Å². The average Bonchev–Trinajstić information content (AvgIpc) is 2.96. The molecule has 1 amide bonds. The molecule has 0 saturated carbocycles. The third kappa shape index (κ3) is 4.77. The van der Waals surface area contributed by atoms with Crippen molar-refractivity contribution in [1.82, 2.24) is 4.90 Å². The van der Waals surface area contributed by atoms with Crippen molar-refractivity contribution in [2.45, 2.75) is 33.2 Å². The van der Waals surface area contributed by atoms with E-state index in [1.807, 2.05) is 67.5 Å². The fraction of sp³-hybridized carbons (Fsp3) is 0.360. The van der Waals surface area contributed by atoms with Gasteiger partial charge in [0.2, 0.25) is 0 Å². The van der Waals surface area contributed by atoms with Gasteiger partial charge in [-0.15, -0.1) is 0 Å². The van der Waals surface area contributed by atoms with Crippen molar-refractivity contribution in [3.8, 4) is 0 Å². The third-order valence-electron chi connectivity index (χ3n) is 5.51. The van der Waals surface area contributed by atoms with Crippen LogP contribution in [0.25, 0.3) is 0 Å². The summed E-state index contributed by atoms with van der Waals surface area (Å²) in [6, 6.07) is 14.6. The molecule has 6 heteroatoms. The van der Waals surface area contributed by atoms with Crippen LogP contribution in [0.15, 0.2) is 59.9 Å². The van der Waals surface area contributed by atoms with E-state index < -0.39 is 23.1 Å². The Balaban J connectivity index is 1.99. The second-order valence-corrected chi connectivity index (χ2v) is 9.54. The van der Waals surface area contributed by atoms with E-state index in [9.17, 15) is 14.7 Å². The number of rotatable bonds is 6. The van der Waals surface area contributed by atoms with Gasteiger partial charge in [0.15, 0.2) is 11.5 Å². The van der Waals surface area contributed by atoms with E-state index in [4.69, 9.17) is 11.6 Å². The lowest BCUT2D eigenvalue weighted by atomic mass is 9.82.